The number of amides is 1. The van der Waals surface area contributed by atoms with Crippen molar-refractivity contribution in [2.45, 2.75) is 20.8 Å². The summed E-state index contributed by atoms with van der Waals surface area (Å²) in [5.74, 6) is 1.05. The van der Waals surface area contributed by atoms with Gasteiger partial charge in [-0.2, -0.15) is 0 Å². The van der Waals surface area contributed by atoms with Gasteiger partial charge >= 0.3 is 0 Å². The normalized spacial score (nSPS) is 15.4. The van der Waals surface area contributed by atoms with Crippen LogP contribution in [0.5, 0.6) is 0 Å². The van der Waals surface area contributed by atoms with Crippen molar-refractivity contribution in [2.24, 2.45) is 5.41 Å². The van der Waals surface area contributed by atoms with E-state index >= 15 is 0 Å². The van der Waals surface area contributed by atoms with Crippen LogP contribution in [0.25, 0.3) is 11.3 Å². The van der Waals surface area contributed by atoms with E-state index in [1.165, 1.54) is 0 Å². The molecular formula is C19H23ClN4O. The largest absolute Gasteiger partial charge is 0.352 e. The molecule has 2 heterocycles. The molecule has 0 saturated carbocycles. The van der Waals surface area contributed by atoms with E-state index in [0.29, 0.717) is 5.02 Å². The predicted molar refractivity (Wildman–Crippen MR) is 101 cm³/mol. The third-order valence-electron chi connectivity index (χ3n) is 4.32. The molecule has 0 N–H and O–H groups in total. The lowest BCUT2D eigenvalue weighted by Crippen LogP contribution is -2.51. The molecule has 25 heavy (non-hydrogen) atoms. The fourth-order valence-electron chi connectivity index (χ4n) is 2.88. The molecule has 1 amide bonds. The molecule has 0 aliphatic carbocycles. The molecular weight excluding hydrogens is 336 g/mol. The SMILES string of the molecule is CC(C)(C)C(=O)N1CCN(c2ccc(-c3ccc(Cl)cc3)nn2)CC1. The Morgan fingerprint density at radius 1 is 0.960 bits per heavy atom. The lowest BCUT2D eigenvalue weighted by molar-refractivity contribution is -0.139. The van der Waals surface area contributed by atoms with Crippen molar-refractivity contribution in [3.05, 3.63) is 41.4 Å². The molecule has 1 aliphatic heterocycles. The predicted octanol–water partition coefficient (Wildman–Crippen LogP) is 3.49. The average Bonchev–Trinajstić information content (AvgIpc) is 2.61. The minimum Gasteiger partial charge on any atom is -0.352 e. The van der Waals surface area contributed by atoms with Crippen LogP contribution in [0.3, 0.4) is 0 Å². The van der Waals surface area contributed by atoms with Gasteiger partial charge < -0.3 is 9.80 Å². The molecule has 5 nitrogen and oxygen atoms in total. The first kappa shape index (κ1) is 17.7. The van der Waals surface area contributed by atoms with Gasteiger partial charge in [0.25, 0.3) is 0 Å². The summed E-state index contributed by atoms with van der Waals surface area (Å²) in [6.07, 6.45) is 0. The summed E-state index contributed by atoms with van der Waals surface area (Å²) in [5.41, 5.74) is 1.48. The third kappa shape index (κ3) is 4.10. The van der Waals surface area contributed by atoms with Crippen molar-refractivity contribution in [1.82, 2.24) is 15.1 Å². The molecule has 0 unspecified atom stereocenters. The molecule has 132 valence electrons. The van der Waals surface area contributed by atoms with E-state index in [-0.39, 0.29) is 11.3 Å². The molecule has 2 aromatic rings. The van der Waals surface area contributed by atoms with Crippen molar-refractivity contribution in [3.8, 4) is 11.3 Å². The first-order chi connectivity index (χ1) is 11.8. The highest BCUT2D eigenvalue weighted by Gasteiger charge is 2.29. The highest BCUT2D eigenvalue weighted by Crippen LogP contribution is 2.22. The number of carbonyl (C=O) groups excluding carboxylic acids is 1. The molecule has 0 radical (unpaired) electrons. The average molecular weight is 359 g/mol. The van der Waals surface area contributed by atoms with Crippen LogP contribution in [-0.4, -0.2) is 47.2 Å². The maximum absolute atomic E-state index is 12.4. The number of nitrogens with zero attached hydrogens (tertiary/aromatic N) is 4. The van der Waals surface area contributed by atoms with Crippen molar-refractivity contribution >= 4 is 23.3 Å². The van der Waals surface area contributed by atoms with Gasteiger partial charge in [0.2, 0.25) is 5.91 Å². The third-order valence-corrected chi connectivity index (χ3v) is 4.57. The van der Waals surface area contributed by atoms with Gasteiger partial charge in [0, 0.05) is 42.2 Å². The van der Waals surface area contributed by atoms with Crippen molar-refractivity contribution in [1.29, 1.82) is 0 Å². The number of hydrogen-bond donors (Lipinski definition) is 0. The highest BCUT2D eigenvalue weighted by molar-refractivity contribution is 6.30. The Morgan fingerprint density at radius 2 is 1.60 bits per heavy atom. The highest BCUT2D eigenvalue weighted by atomic mass is 35.5. The second kappa shape index (κ2) is 7.00. The fourth-order valence-corrected chi connectivity index (χ4v) is 3.01. The van der Waals surface area contributed by atoms with E-state index in [2.05, 4.69) is 15.1 Å². The number of anilines is 1. The van der Waals surface area contributed by atoms with Crippen LogP contribution in [-0.2, 0) is 4.79 Å². The van der Waals surface area contributed by atoms with E-state index < -0.39 is 0 Å². The van der Waals surface area contributed by atoms with Crippen LogP contribution in [0.2, 0.25) is 5.02 Å². The number of halogens is 1. The summed E-state index contributed by atoms with van der Waals surface area (Å²) >= 11 is 5.92. The Kier molecular flexibility index (Phi) is 4.95. The number of carbonyl (C=O) groups is 1. The van der Waals surface area contributed by atoms with E-state index in [1.807, 2.05) is 62.1 Å². The van der Waals surface area contributed by atoms with Crippen LogP contribution in [0.15, 0.2) is 36.4 Å². The van der Waals surface area contributed by atoms with Gasteiger partial charge in [-0.3, -0.25) is 4.79 Å². The zero-order valence-electron chi connectivity index (χ0n) is 14.9. The number of aromatic nitrogens is 2. The van der Waals surface area contributed by atoms with Gasteiger partial charge in [-0.25, -0.2) is 0 Å². The number of rotatable bonds is 2. The quantitative estimate of drug-likeness (QED) is 0.824. The van der Waals surface area contributed by atoms with Crippen molar-refractivity contribution in [2.75, 3.05) is 31.1 Å². The summed E-state index contributed by atoms with van der Waals surface area (Å²) in [6.45, 7) is 8.87. The van der Waals surface area contributed by atoms with Gasteiger partial charge in [-0.1, -0.05) is 44.5 Å². The Labute approximate surface area is 153 Å². The van der Waals surface area contributed by atoms with Crippen LogP contribution >= 0.6 is 11.6 Å². The van der Waals surface area contributed by atoms with Gasteiger partial charge in [-0.15, -0.1) is 10.2 Å². The molecule has 6 heteroatoms. The lowest BCUT2D eigenvalue weighted by Gasteiger charge is -2.38. The molecule has 1 fully saturated rings. The molecule has 0 atom stereocenters. The maximum atomic E-state index is 12.4. The van der Waals surface area contributed by atoms with Gasteiger partial charge in [0.15, 0.2) is 5.82 Å². The fraction of sp³-hybridized carbons (Fsp3) is 0.421. The zero-order chi connectivity index (χ0) is 18.0. The van der Waals surface area contributed by atoms with Gasteiger partial charge in [-0.05, 0) is 24.3 Å². The van der Waals surface area contributed by atoms with Crippen molar-refractivity contribution < 1.29 is 4.79 Å². The summed E-state index contributed by atoms with van der Waals surface area (Å²) in [4.78, 5) is 16.5. The number of benzene rings is 1. The Bertz CT molecular complexity index is 730. The van der Waals surface area contributed by atoms with Crippen LogP contribution < -0.4 is 4.90 Å². The monoisotopic (exact) mass is 358 g/mol. The topological polar surface area (TPSA) is 49.3 Å². The molecule has 0 spiro atoms. The standard InChI is InChI=1S/C19H23ClN4O/c1-19(2,3)18(25)24-12-10-23(11-13-24)17-9-8-16(21-22-17)14-4-6-15(20)7-5-14/h4-9H,10-13H2,1-3H3. The van der Waals surface area contributed by atoms with Crippen LogP contribution in [0, 0.1) is 5.41 Å². The molecule has 1 aromatic heterocycles. The maximum Gasteiger partial charge on any atom is 0.228 e. The van der Waals surface area contributed by atoms with Crippen molar-refractivity contribution in [3.63, 3.8) is 0 Å². The number of piperazine rings is 1. The van der Waals surface area contributed by atoms with Gasteiger partial charge in [0.1, 0.15) is 0 Å². The molecule has 0 bridgehead atoms. The Balaban J connectivity index is 1.64. The van der Waals surface area contributed by atoms with E-state index in [9.17, 15) is 4.79 Å². The molecule has 3 rings (SSSR count). The summed E-state index contributed by atoms with van der Waals surface area (Å²) in [7, 11) is 0. The Hall–Kier alpha value is -2.14. The second-order valence-corrected chi connectivity index (χ2v) is 7.75. The van der Waals surface area contributed by atoms with E-state index in [4.69, 9.17) is 11.6 Å². The minimum atomic E-state index is -0.331. The summed E-state index contributed by atoms with van der Waals surface area (Å²) in [6, 6.07) is 11.5. The van der Waals surface area contributed by atoms with Gasteiger partial charge in [0.05, 0.1) is 5.69 Å². The second-order valence-electron chi connectivity index (χ2n) is 7.31. The number of hydrogen-bond acceptors (Lipinski definition) is 4. The summed E-state index contributed by atoms with van der Waals surface area (Å²) in [5, 5.41) is 9.40. The smallest absolute Gasteiger partial charge is 0.228 e. The first-order valence-corrected chi connectivity index (χ1v) is 8.86. The lowest BCUT2D eigenvalue weighted by atomic mass is 9.94. The van der Waals surface area contributed by atoms with Crippen LogP contribution in [0.4, 0.5) is 5.82 Å². The molecule has 1 saturated heterocycles. The molecule has 1 aliphatic rings. The first-order valence-electron chi connectivity index (χ1n) is 8.48. The zero-order valence-corrected chi connectivity index (χ0v) is 15.6. The van der Waals surface area contributed by atoms with Crippen LogP contribution in [0.1, 0.15) is 20.8 Å². The Morgan fingerprint density at radius 3 is 2.12 bits per heavy atom. The molecule has 1 aromatic carbocycles. The minimum absolute atomic E-state index is 0.205. The van der Waals surface area contributed by atoms with E-state index in [0.717, 1.165) is 43.3 Å². The van der Waals surface area contributed by atoms with E-state index in [1.54, 1.807) is 0 Å². The summed E-state index contributed by atoms with van der Waals surface area (Å²) < 4.78 is 0.